The first kappa shape index (κ1) is 22.4. The summed E-state index contributed by atoms with van der Waals surface area (Å²) in [5.41, 5.74) is 6.23. The van der Waals surface area contributed by atoms with Crippen molar-refractivity contribution in [1.29, 1.82) is 0 Å². The van der Waals surface area contributed by atoms with E-state index in [0.29, 0.717) is 12.2 Å². The number of carbonyl (C=O) groups excluding carboxylic acids is 1. The summed E-state index contributed by atoms with van der Waals surface area (Å²) in [6, 6.07) is 28.4. The second kappa shape index (κ2) is 9.15. The van der Waals surface area contributed by atoms with E-state index in [1.165, 1.54) is 28.3 Å². The molecular formula is C31H28N2O3. The third-order valence-electron chi connectivity index (χ3n) is 7.51. The highest BCUT2D eigenvalue weighted by molar-refractivity contribution is 5.96. The number of nitrogens with zero attached hydrogens (tertiary/aromatic N) is 2. The van der Waals surface area contributed by atoms with E-state index in [4.69, 9.17) is 4.74 Å². The molecule has 6 rings (SSSR count). The van der Waals surface area contributed by atoms with Crippen LogP contribution in [0.2, 0.25) is 0 Å². The molecule has 1 atom stereocenters. The van der Waals surface area contributed by atoms with Crippen molar-refractivity contribution < 1.29 is 9.53 Å². The van der Waals surface area contributed by atoms with E-state index in [2.05, 4.69) is 48.5 Å². The molecule has 1 aliphatic carbocycles. The van der Waals surface area contributed by atoms with Crippen LogP contribution >= 0.6 is 0 Å². The van der Waals surface area contributed by atoms with E-state index < -0.39 is 0 Å². The van der Waals surface area contributed by atoms with Gasteiger partial charge in [-0.15, -0.1) is 0 Å². The van der Waals surface area contributed by atoms with Crippen LogP contribution < -0.4 is 10.2 Å². The molecule has 5 nitrogen and oxygen atoms in total. The fourth-order valence-corrected chi connectivity index (χ4v) is 5.77. The quantitative estimate of drug-likeness (QED) is 0.417. The Bertz CT molecular complexity index is 1440. The van der Waals surface area contributed by atoms with Crippen LogP contribution in [0.15, 0.2) is 95.9 Å². The molecule has 0 N–H and O–H groups in total. The molecule has 2 heterocycles. The van der Waals surface area contributed by atoms with Gasteiger partial charge in [-0.3, -0.25) is 9.59 Å². The highest BCUT2D eigenvalue weighted by Gasteiger charge is 2.39. The molecule has 1 amide bonds. The number of ether oxygens (including phenoxy) is 1. The smallest absolute Gasteiger partial charge is 0.274 e. The van der Waals surface area contributed by atoms with Gasteiger partial charge in [0.15, 0.2) is 11.4 Å². The van der Waals surface area contributed by atoms with Gasteiger partial charge in [-0.1, -0.05) is 78.9 Å². The van der Waals surface area contributed by atoms with Crippen molar-refractivity contribution in [1.82, 2.24) is 9.47 Å². The first-order valence-electron chi connectivity index (χ1n) is 12.4. The van der Waals surface area contributed by atoms with Crippen LogP contribution in [0.1, 0.15) is 50.3 Å². The molecular weight excluding hydrogens is 448 g/mol. The molecule has 3 aromatic carbocycles. The summed E-state index contributed by atoms with van der Waals surface area (Å²) in [6.45, 7) is 0.768. The van der Waals surface area contributed by atoms with Gasteiger partial charge in [0.25, 0.3) is 5.91 Å². The van der Waals surface area contributed by atoms with Gasteiger partial charge in [-0.25, -0.2) is 0 Å². The number of carbonyl (C=O) groups is 1. The van der Waals surface area contributed by atoms with Crippen LogP contribution in [0.5, 0.6) is 5.75 Å². The van der Waals surface area contributed by atoms with Crippen LogP contribution in [-0.4, -0.2) is 29.0 Å². The predicted molar refractivity (Wildman–Crippen MR) is 140 cm³/mol. The molecule has 0 bridgehead atoms. The topological polar surface area (TPSA) is 51.5 Å². The lowest BCUT2D eigenvalue weighted by atomic mass is 9.81. The summed E-state index contributed by atoms with van der Waals surface area (Å²) in [4.78, 5) is 28.2. The monoisotopic (exact) mass is 476 g/mol. The summed E-state index contributed by atoms with van der Waals surface area (Å²) in [5.74, 6) is -0.0287. The Hall–Kier alpha value is -4.12. The average Bonchev–Trinajstić information content (AvgIpc) is 3.08. The highest BCUT2D eigenvalue weighted by Crippen LogP contribution is 2.44. The molecule has 2 aliphatic rings. The van der Waals surface area contributed by atoms with Crippen LogP contribution in [0.4, 0.5) is 0 Å². The zero-order valence-corrected chi connectivity index (χ0v) is 20.3. The van der Waals surface area contributed by atoms with Crippen LogP contribution in [0.25, 0.3) is 0 Å². The van der Waals surface area contributed by atoms with E-state index >= 15 is 0 Å². The molecule has 0 radical (unpaired) electrons. The number of fused-ring (bicyclic) bond motifs is 3. The fourth-order valence-electron chi connectivity index (χ4n) is 5.77. The minimum absolute atomic E-state index is 0.0404. The second-order valence-electron chi connectivity index (χ2n) is 9.67. The zero-order chi connectivity index (χ0) is 24.6. The highest BCUT2D eigenvalue weighted by atomic mass is 16.5. The van der Waals surface area contributed by atoms with Crippen molar-refractivity contribution in [2.75, 3.05) is 13.6 Å². The summed E-state index contributed by atoms with van der Waals surface area (Å²) in [5, 5.41) is 0. The van der Waals surface area contributed by atoms with Gasteiger partial charge in [-0.05, 0) is 40.7 Å². The Morgan fingerprint density at radius 3 is 2.08 bits per heavy atom. The number of hydrogen-bond donors (Lipinski definition) is 0. The first-order valence-corrected chi connectivity index (χ1v) is 12.4. The predicted octanol–water partition coefficient (Wildman–Crippen LogP) is 4.98. The number of pyridine rings is 1. The Labute approximate surface area is 210 Å². The summed E-state index contributed by atoms with van der Waals surface area (Å²) in [7, 11) is 1.81. The van der Waals surface area contributed by atoms with Gasteiger partial charge in [0.1, 0.15) is 6.61 Å². The van der Waals surface area contributed by atoms with Crippen molar-refractivity contribution in [3.05, 3.63) is 135 Å². The van der Waals surface area contributed by atoms with Gasteiger partial charge in [0.05, 0.1) is 6.04 Å². The standard InChI is InChI=1S/C31H28N2O3/c1-32-19-26(28-24-13-7-5-11-22(24)15-16-23-12-6-8-14-25(23)28)33-18-17-27(34)30(29(33)31(32)35)36-20-21-9-3-2-4-10-21/h2-14,17-18,26,28H,15-16,19-20H2,1H3. The van der Waals surface area contributed by atoms with Gasteiger partial charge in [-0.2, -0.15) is 0 Å². The minimum Gasteiger partial charge on any atom is -0.483 e. The van der Waals surface area contributed by atoms with Crippen LogP contribution in [0.3, 0.4) is 0 Å². The Kier molecular flexibility index (Phi) is 5.68. The maximum absolute atomic E-state index is 13.5. The minimum atomic E-state index is -0.277. The average molecular weight is 477 g/mol. The van der Waals surface area contributed by atoms with E-state index in [-0.39, 0.29) is 35.7 Å². The van der Waals surface area contributed by atoms with E-state index in [1.807, 2.05) is 41.9 Å². The largest absolute Gasteiger partial charge is 0.483 e. The molecule has 0 saturated carbocycles. The third kappa shape index (κ3) is 3.81. The molecule has 0 spiro atoms. The lowest BCUT2D eigenvalue weighted by Gasteiger charge is -2.39. The second-order valence-corrected chi connectivity index (χ2v) is 9.67. The maximum atomic E-state index is 13.5. The SMILES string of the molecule is CN1CC(C2c3ccccc3CCc3ccccc32)n2ccc(=O)c(OCc3ccccc3)c2C1=O. The fraction of sp³-hybridized carbons (Fsp3) is 0.226. The number of aryl methyl sites for hydroxylation is 2. The molecule has 4 aromatic rings. The number of hydrogen-bond acceptors (Lipinski definition) is 3. The van der Waals surface area contributed by atoms with Gasteiger partial charge in [0.2, 0.25) is 5.43 Å². The van der Waals surface area contributed by atoms with E-state index in [1.54, 1.807) is 11.1 Å². The number of likely N-dealkylation sites (N-methyl/N-ethyl adjacent to an activating group) is 1. The summed E-state index contributed by atoms with van der Waals surface area (Å²) in [6.07, 6.45) is 3.74. The van der Waals surface area contributed by atoms with Gasteiger partial charge < -0.3 is 14.2 Å². The molecule has 1 aliphatic heterocycles. The normalized spacial score (nSPS) is 17.1. The van der Waals surface area contributed by atoms with E-state index in [0.717, 1.165) is 18.4 Å². The third-order valence-corrected chi connectivity index (χ3v) is 7.51. The molecule has 1 unspecified atom stereocenters. The lowest BCUT2D eigenvalue weighted by Crippen LogP contribution is -2.44. The number of aromatic nitrogens is 1. The lowest BCUT2D eigenvalue weighted by molar-refractivity contribution is 0.0698. The first-order chi connectivity index (χ1) is 17.6. The molecule has 5 heteroatoms. The van der Waals surface area contributed by atoms with Crippen molar-refractivity contribution in [2.45, 2.75) is 31.4 Å². The summed E-state index contributed by atoms with van der Waals surface area (Å²) < 4.78 is 8.05. The number of rotatable bonds is 4. The number of benzene rings is 3. The molecule has 36 heavy (non-hydrogen) atoms. The summed E-state index contributed by atoms with van der Waals surface area (Å²) >= 11 is 0. The zero-order valence-electron chi connectivity index (χ0n) is 20.3. The van der Waals surface area contributed by atoms with Gasteiger partial charge >= 0.3 is 0 Å². The van der Waals surface area contributed by atoms with E-state index in [9.17, 15) is 9.59 Å². The van der Waals surface area contributed by atoms with Crippen molar-refractivity contribution in [2.24, 2.45) is 0 Å². The Morgan fingerprint density at radius 1 is 0.806 bits per heavy atom. The van der Waals surface area contributed by atoms with Crippen LogP contribution in [-0.2, 0) is 19.4 Å². The van der Waals surface area contributed by atoms with Crippen LogP contribution in [0, 0.1) is 0 Å². The molecule has 0 saturated heterocycles. The molecule has 0 fully saturated rings. The van der Waals surface area contributed by atoms with Crippen molar-refractivity contribution in [3.8, 4) is 5.75 Å². The number of amides is 1. The van der Waals surface area contributed by atoms with Crippen molar-refractivity contribution in [3.63, 3.8) is 0 Å². The Balaban J connectivity index is 1.51. The maximum Gasteiger partial charge on any atom is 0.274 e. The van der Waals surface area contributed by atoms with Gasteiger partial charge in [0, 0.05) is 31.8 Å². The van der Waals surface area contributed by atoms with Crippen molar-refractivity contribution >= 4 is 5.91 Å². The molecule has 1 aromatic heterocycles. The molecule has 180 valence electrons. The Morgan fingerprint density at radius 2 is 1.42 bits per heavy atom.